The molecule has 2 N–H and O–H groups in total. The summed E-state index contributed by atoms with van der Waals surface area (Å²) in [5.41, 5.74) is 0.204. The molecule has 0 atom stereocenters. The molecule has 0 saturated carbocycles. The SMILES string of the molecule is Cc1nn(Cc2c(F)ccc(Br)c2F)c(C)c1S(N)(=O)=O. The molecule has 0 aliphatic carbocycles. The Kier molecular flexibility index (Phi) is 4.18. The van der Waals surface area contributed by atoms with Gasteiger partial charge in [-0.05, 0) is 41.9 Å². The lowest BCUT2D eigenvalue weighted by atomic mass is 10.2. The molecule has 0 amide bonds. The number of benzene rings is 1. The fraction of sp³-hybridized carbons (Fsp3) is 0.250. The van der Waals surface area contributed by atoms with E-state index >= 15 is 0 Å². The van der Waals surface area contributed by atoms with Crippen molar-refractivity contribution in [2.24, 2.45) is 5.14 Å². The van der Waals surface area contributed by atoms with Crippen LogP contribution in [0.25, 0.3) is 0 Å². The summed E-state index contributed by atoms with van der Waals surface area (Å²) >= 11 is 2.98. The maximum atomic E-state index is 14.0. The number of rotatable bonds is 3. The van der Waals surface area contributed by atoms with Crippen LogP contribution in [-0.2, 0) is 16.6 Å². The van der Waals surface area contributed by atoms with Crippen molar-refractivity contribution in [1.82, 2.24) is 9.78 Å². The number of aromatic nitrogens is 2. The first-order valence-corrected chi connectivity index (χ1v) is 8.16. The Morgan fingerprint density at radius 2 is 1.95 bits per heavy atom. The third-order valence-electron chi connectivity index (χ3n) is 3.05. The van der Waals surface area contributed by atoms with E-state index in [1.807, 2.05) is 0 Å². The van der Waals surface area contributed by atoms with E-state index in [0.29, 0.717) is 0 Å². The highest BCUT2D eigenvalue weighted by molar-refractivity contribution is 9.10. The predicted octanol–water partition coefficient (Wildman–Crippen LogP) is 2.24. The number of hydrogen-bond donors (Lipinski definition) is 1. The van der Waals surface area contributed by atoms with E-state index in [1.165, 1.54) is 24.6 Å². The van der Waals surface area contributed by atoms with E-state index in [4.69, 9.17) is 5.14 Å². The number of nitrogens with zero attached hydrogens (tertiary/aromatic N) is 2. The number of halogens is 3. The highest BCUT2D eigenvalue weighted by Crippen LogP contribution is 2.24. The van der Waals surface area contributed by atoms with Gasteiger partial charge >= 0.3 is 0 Å². The summed E-state index contributed by atoms with van der Waals surface area (Å²) in [4.78, 5) is -0.127. The first-order valence-electron chi connectivity index (χ1n) is 5.82. The molecule has 0 fully saturated rings. The van der Waals surface area contributed by atoms with Crippen molar-refractivity contribution in [2.75, 3.05) is 0 Å². The average molecular weight is 380 g/mol. The summed E-state index contributed by atoms with van der Waals surface area (Å²) in [6, 6.07) is 2.37. The molecule has 1 aromatic heterocycles. The van der Waals surface area contributed by atoms with Crippen molar-refractivity contribution in [1.29, 1.82) is 0 Å². The highest BCUT2D eigenvalue weighted by atomic mass is 79.9. The molecule has 1 heterocycles. The second-order valence-corrected chi connectivity index (χ2v) is 6.88. The van der Waals surface area contributed by atoms with E-state index < -0.39 is 21.7 Å². The van der Waals surface area contributed by atoms with Crippen LogP contribution in [0.3, 0.4) is 0 Å². The van der Waals surface area contributed by atoms with Crippen LogP contribution in [0.5, 0.6) is 0 Å². The van der Waals surface area contributed by atoms with Crippen molar-refractivity contribution in [3.05, 3.63) is 45.2 Å². The molecule has 2 rings (SSSR count). The molecule has 114 valence electrons. The van der Waals surface area contributed by atoms with Crippen LogP contribution in [0.4, 0.5) is 8.78 Å². The third kappa shape index (κ3) is 2.99. The summed E-state index contributed by atoms with van der Waals surface area (Å²) in [6.45, 7) is 2.71. The Balaban J connectivity index is 2.55. The van der Waals surface area contributed by atoms with Crippen LogP contribution in [0.1, 0.15) is 17.0 Å². The number of hydrogen-bond acceptors (Lipinski definition) is 3. The molecule has 0 saturated heterocycles. The Bertz CT molecular complexity index is 818. The maximum absolute atomic E-state index is 14.0. The zero-order chi connectivity index (χ0) is 15.9. The molecule has 2 aromatic rings. The molecule has 0 spiro atoms. The van der Waals surface area contributed by atoms with Gasteiger partial charge < -0.3 is 0 Å². The second kappa shape index (κ2) is 5.47. The van der Waals surface area contributed by atoms with Crippen molar-refractivity contribution in [2.45, 2.75) is 25.3 Å². The molecular formula is C12H12BrF2N3O2S. The molecule has 5 nitrogen and oxygen atoms in total. The molecule has 0 aliphatic heterocycles. The lowest BCUT2D eigenvalue weighted by Gasteiger charge is -2.08. The zero-order valence-electron chi connectivity index (χ0n) is 11.2. The van der Waals surface area contributed by atoms with Gasteiger partial charge in [-0.1, -0.05) is 0 Å². The first kappa shape index (κ1) is 16.1. The molecule has 1 aromatic carbocycles. The normalized spacial score (nSPS) is 11.9. The fourth-order valence-electron chi connectivity index (χ4n) is 2.11. The van der Waals surface area contributed by atoms with E-state index in [9.17, 15) is 17.2 Å². The maximum Gasteiger partial charge on any atom is 0.241 e. The number of primary sulfonamides is 1. The molecule has 21 heavy (non-hydrogen) atoms. The lowest BCUT2D eigenvalue weighted by Crippen LogP contribution is -2.15. The minimum absolute atomic E-state index is 0.118. The van der Waals surface area contributed by atoms with Gasteiger partial charge in [0.1, 0.15) is 16.5 Å². The van der Waals surface area contributed by atoms with Crippen molar-refractivity contribution in [3.8, 4) is 0 Å². The van der Waals surface area contributed by atoms with Gasteiger partial charge in [0, 0.05) is 5.56 Å². The zero-order valence-corrected chi connectivity index (χ0v) is 13.6. The van der Waals surface area contributed by atoms with E-state index in [1.54, 1.807) is 0 Å². The second-order valence-electron chi connectivity index (χ2n) is 4.52. The van der Waals surface area contributed by atoms with Gasteiger partial charge in [0.05, 0.1) is 22.4 Å². The topological polar surface area (TPSA) is 78.0 Å². The van der Waals surface area contributed by atoms with E-state index in [2.05, 4.69) is 21.0 Å². The van der Waals surface area contributed by atoms with Gasteiger partial charge in [0.25, 0.3) is 0 Å². The summed E-state index contributed by atoms with van der Waals surface area (Å²) < 4.78 is 52.0. The minimum Gasteiger partial charge on any atom is -0.264 e. The van der Waals surface area contributed by atoms with Gasteiger partial charge in [-0.2, -0.15) is 5.10 Å². The molecule has 0 radical (unpaired) electrons. The van der Waals surface area contributed by atoms with Gasteiger partial charge in [0.2, 0.25) is 10.0 Å². The number of nitrogens with two attached hydrogens (primary N) is 1. The third-order valence-corrected chi connectivity index (χ3v) is 4.82. The van der Waals surface area contributed by atoms with Crippen LogP contribution >= 0.6 is 15.9 Å². The summed E-state index contributed by atoms with van der Waals surface area (Å²) in [6.07, 6.45) is 0. The Hall–Kier alpha value is -1.32. The van der Waals surface area contributed by atoms with Crippen molar-refractivity contribution >= 4 is 26.0 Å². The minimum atomic E-state index is -3.94. The van der Waals surface area contributed by atoms with Crippen LogP contribution in [-0.4, -0.2) is 18.2 Å². The van der Waals surface area contributed by atoms with E-state index in [0.717, 1.165) is 6.07 Å². The van der Waals surface area contributed by atoms with Crippen LogP contribution in [0, 0.1) is 25.5 Å². The quantitative estimate of drug-likeness (QED) is 0.830. The van der Waals surface area contributed by atoms with Crippen LogP contribution in [0.15, 0.2) is 21.5 Å². The Morgan fingerprint density at radius 3 is 2.48 bits per heavy atom. The number of aryl methyl sites for hydroxylation is 1. The predicted molar refractivity (Wildman–Crippen MR) is 76.2 cm³/mol. The van der Waals surface area contributed by atoms with Crippen LogP contribution < -0.4 is 5.14 Å². The first-order chi connectivity index (χ1) is 9.62. The highest BCUT2D eigenvalue weighted by Gasteiger charge is 2.22. The van der Waals surface area contributed by atoms with Gasteiger partial charge in [-0.25, -0.2) is 22.3 Å². The summed E-state index contributed by atoms with van der Waals surface area (Å²) in [5.74, 6) is -1.49. The summed E-state index contributed by atoms with van der Waals surface area (Å²) in [5, 5.41) is 9.10. The standard InChI is InChI=1S/C12H12BrF2N3O2S/c1-6-12(21(16,19)20)7(2)18(17-6)5-8-10(14)4-3-9(13)11(8)15/h3-4H,5H2,1-2H3,(H2,16,19,20). The molecule has 0 bridgehead atoms. The molecule has 0 aliphatic rings. The Morgan fingerprint density at radius 1 is 1.33 bits per heavy atom. The summed E-state index contributed by atoms with van der Waals surface area (Å²) in [7, 11) is -3.94. The lowest BCUT2D eigenvalue weighted by molar-refractivity contribution is 0.525. The number of sulfonamides is 1. The largest absolute Gasteiger partial charge is 0.264 e. The molecular weight excluding hydrogens is 368 g/mol. The van der Waals surface area contributed by atoms with Crippen molar-refractivity contribution < 1.29 is 17.2 Å². The van der Waals surface area contributed by atoms with Gasteiger partial charge in [-0.15, -0.1) is 0 Å². The monoisotopic (exact) mass is 379 g/mol. The fourth-order valence-corrected chi connectivity index (χ4v) is 3.45. The Labute approximate surface area is 128 Å². The molecule has 9 heteroatoms. The van der Waals surface area contributed by atoms with Gasteiger partial charge in [0.15, 0.2) is 0 Å². The molecule has 0 unspecified atom stereocenters. The van der Waals surface area contributed by atoms with Gasteiger partial charge in [-0.3, -0.25) is 4.68 Å². The van der Waals surface area contributed by atoms with E-state index in [-0.39, 0.29) is 32.9 Å². The smallest absolute Gasteiger partial charge is 0.241 e. The van der Waals surface area contributed by atoms with Crippen LogP contribution in [0.2, 0.25) is 0 Å². The average Bonchev–Trinajstić information content (AvgIpc) is 2.64. The van der Waals surface area contributed by atoms with Crippen molar-refractivity contribution in [3.63, 3.8) is 0 Å².